The molecule has 0 bridgehead atoms. The zero-order chi connectivity index (χ0) is 16.2. The molecule has 1 aliphatic carbocycles. The van der Waals surface area contributed by atoms with Gasteiger partial charge in [0.15, 0.2) is 0 Å². The number of aliphatic hydroxyl groups is 1. The Morgan fingerprint density at radius 1 is 1.32 bits per heavy atom. The fourth-order valence-electron chi connectivity index (χ4n) is 2.76. The lowest BCUT2D eigenvalue weighted by Crippen LogP contribution is -2.47. The van der Waals surface area contributed by atoms with E-state index >= 15 is 0 Å². The van der Waals surface area contributed by atoms with E-state index in [-0.39, 0.29) is 24.2 Å². The molecule has 22 heavy (non-hydrogen) atoms. The Kier molecular flexibility index (Phi) is 5.34. The van der Waals surface area contributed by atoms with Crippen LogP contribution in [0.2, 0.25) is 0 Å². The number of hydrogen-bond acceptors (Lipinski definition) is 2. The van der Waals surface area contributed by atoms with E-state index in [2.05, 4.69) is 10.6 Å². The zero-order valence-electron chi connectivity index (χ0n) is 12.7. The molecule has 0 aromatic heterocycles. The van der Waals surface area contributed by atoms with Gasteiger partial charge in [0.05, 0.1) is 6.54 Å². The summed E-state index contributed by atoms with van der Waals surface area (Å²) in [4.78, 5) is 11.8. The lowest BCUT2D eigenvalue weighted by molar-refractivity contribution is 0.0553. The first kappa shape index (κ1) is 16.7. The fourth-order valence-corrected chi connectivity index (χ4v) is 2.76. The summed E-state index contributed by atoms with van der Waals surface area (Å²) in [6.07, 6.45) is 5.30. The molecule has 0 aliphatic heterocycles. The van der Waals surface area contributed by atoms with Crippen molar-refractivity contribution < 1.29 is 18.7 Å². The van der Waals surface area contributed by atoms with Gasteiger partial charge in [0.2, 0.25) is 0 Å². The summed E-state index contributed by atoms with van der Waals surface area (Å²) in [6.45, 7) is 1.22. The molecule has 1 atom stereocenters. The van der Waals surface area contributed by atoms with Gasteiger partial charge in [-0.3, -0.25) is 0 Å². The van der Waals surface area contributed by atoms with Gasteiger partial charge >= 0.3 is 6.03 Å². The van der Waals surface area contributed by atoms with Crippen LogP contribution in [0.4, 0.5) is 13.6 Å². The molecule has 0 heterocycles. The summed E-state index contributed by atoms with van der Waals surface area (Å²) >= 11 is 0. The minimum atomic E-state index is -1.61. The van der Waals surface area contributed by atoms with Crippen molar-refractivity contribution in [3.05, 3.63) is 35.4 Å². The van der Waals surface area contributed by atoms with Crippen molar-refractivity contribution in [2.45, 2.75) is 50.7 Å². The van der Waals surface area contributed by atoms with Gasteiger partial charge in [-0.05, 0) is 25.8 Å². The number of carbonyl (C=O) groups excluding carboxylic acids is 1. The first-order valence-corrected chi connectivity index (χ1v) is 7.61. The first-order valence-electron chi connectivity index (χ1n) is 7.61. The molecule has 122 valence electrons. The van der Waals surface area contributed by atoms with Gasteiger partial charge in [0.25, 0.3) is 0 Å². The lowest BCUT2D eigenvalue weighted by Gasteiger charge is -2.27. The number of halogens is 2. The van der Waals surface area contributed by atoms with Crippen molar-refractivity contribution in [1.29, 1.82) is 0 Å². The Balaban J connectivity index is 1.89. The summed E-state index contributed by atoms with van der Waals surface area (Å²) in [5, 5.41) is 15.7. The van der Waals surface area contributed by atoms with Crippen LogP contribution in [-0.4, -0.2) is 23.7 Å². The second-order valence-corrected chi connectivity index (χ2v) is 6.06. The maximum atomic E-state index is 13.7. The molecular formula is C16H22F2N2O2. The van der Waals surface area contributed by atoms with E-state index in [1.165, 1.54) is 19.4 Å². The molecule has 0 radical (unpaired) electrons. The van der Waals surface area contributed by atoms with Crippen LogP contribution >= 0.6 is 0 Å². The highest BCUT2D eigenvalue weighted by atomic mass is 19.1. The Morgan fingerprint density at radius 2 is 2.00 bits per heavy atom. The van der Waals surface area contributed by atoms with Gasteiger partial charge in [-0.1, -0.05) is 25.3 Å². The third-order valence-corrected chi connectivity index (χ3v) is 4.04. The summed E-state index contributed by atoms with van der Waals surface area (Å²) < 4.78 is 26.6. The lowest BCUT2D eigenvalue weighted by atomic mass is 9.95. The Labute approximate surface area is 128 Å². The summed E-state index contributed by atoms with van der Waals surface area (Å²) in [5.74, 6) is -1.54. The number of hydrogen-bond donors (Lipinski definition) is 3. The second kappa shape index (κ2) is 7.05. The number of nitrogens with one attached hydrogen (secondary N) is 2. The maximum absolute atomic E-state index is 13.7. The standard InChI is InChI=1S/C16H22F2N2O2/c1-16(22,13-8-7-11(17)9-14(13)18)10-19-15(21)20-12-5-3-2-4-6-12/h7-9,12,22H,2-6,10H2,1H3,(H2,19,20,21). The second-order valence-electron chi connectivity index (χ2n) is 6.06. The van der Waals surface area contributed by atoms with E-state index in [9.17, 15) is 18.7 Å². The van der Waals surface area contributed by atoms with E-state index in [1.807, 2.05) is 0 Å². The van der Waals surface area contributed by atoms with E-state index in [4.69, 9.17) is 0 Å². The van der Waals surface area contributed by atoms with E-state index in [1.54, 1.807) is 0 Å². The molecule has 3 N–H and O–H groups in total. The molecule has 1 aliphatic rings. The highest BCUT2D eigenvalue weighted by molar-refractivity contribution is 5.74. The van der Waals surface area contributed by atoms with Gasteiger partial charge < -0.3 is 15.7 Å². The number of rotatable bonds is 4. The molecule has 1 saturated carbocycles. The summed E-state index contributed by atoms with van der Waals surface area (Å²) in [6, 6.07) is 2.75. The number of amides is 2. The monoisotopic (exact) mass is 312 g/mol. The van der Waals surface area contributed by atoms with Crippen molar-refractivity contribution in [3.63, 3.8) is 0 Å². The van der Waals surface area contributed by atoms with Crippen molar-refractivity contribution in [1.82, 2.24) is 10.6 Å². The largest absolute Gasteiger partial charge is 0.383 e. The van der Waals surface area contributed by atoms with E-state index in [0.29, 0.717) is 6.07 Å². The highest BCUT2D eigenvalue weighted by Crippen LogP contribution is 2.23. The number of benzene rings is 1. The molecular weight excluding hydrogens is 290 g/mol. The van der Waals surface area contributed by atoms with E-state index in [0.717, 1.165) is 31.7 Å². The smallest absolute Gasteiger partial charge is 0.315 e. The van der Waals surface area contributed by atoms with Crippen LogP contribution in [0.1, 0.15) is 44.6 Å². The van der Waals surface area contributed by atoms with Gasteiger partial charge in [0, 0.05) is 17.7 Å². The minimum absolute atomic E-state index is 0.0492. The van der Waals surface area contributed by atoms with Crippen LogP contribution in [0, 0.1) is 11.6 Å². The molecule has 0 spiro atoms. The van der Waals surface area contributed by atoms with Crippen molar-refractivity contribution in [2.75, 3.05) is 6.54 Å². The SMILES string of the molecule is CC(O)(CNC(=O)NC1CCCCC1)c1ccc(F)cc1F. The molecule has 1 aromatic rings. The van der Waals surface area contributed by atoms with Crippen LogP contribution in [-0.2, 0) is 5.60 Å². The number of urea groups is 1. The van der Waals surface area contributed by atoms with E-state index < -0.39 is 17.2 Å². The van der Waals surface area contributed by atoms with Crippen molar-refractivity contribution in [3.8, 4) is 0 Å². The average molecular weight is 312 g/mol. The summed E-state index contributed by atoms with van der Waals surface area (Å²) in [7, 11) is 0. The minimum Gasteiger partial charge on any atom is -0.383 e. The van der Waals surface area contributed by atoms with Crippen LogP contribution in [0.3, 0.4) is 0 Å². The fraction of sp³-hybridized carbons (Fsp3) is 0.562. The third-order valence-electron chi connectivity index (χ3n) is 4.04. The summed E-state index contributed by atoms with van der Waals surface area (Å²) in [5.41, 5.74) is -1.66. The van der Waals surface area contributed by atoms with Crippen LogP contribution in [0.25, 0.3) is 0 Å². The molecule has 2 amide bonds. The average Bonchev–Trinajstić information content (AvgIpc) is 2.46. The molecule has 4 nitrogen and oxygen atoms in total. The molecule has 6 heteroatoms. The molecule has 2 rings (SSSR count). The van der Waals surface area contributed by atoms with Gasteiger partial charge in [-0.15, -0.1) is 0 Å². The first-order chi connectivity index (χ1) is 10.4. The van der Waals surface area contributed by atoms with Crippen molar-refractivity contribution >= 4 is 6.03 Å². The predicted octanol–water partition coefficient (Wildman–Crippen LogP) is 2.80. The number of carbonyl (C=O) groups is 1. The molecule has 1 fully saturated rings. The zero-order valence-corrected chi connectivity index (χ0v) is 12.7. The van der Waals surface area contributed by atoms with Crippen LogP contribution in [0.15, 0.2) is 18.2 Å². The highest BCUT2D eigenvalue weighted by Gasteiger charge is 2.28. The Morgan fingerprint density at radius 3 is 2.64 bits per heavy atom. The maximum Gasteiger partial charge on any atom is 0.315 e. The molecule has 1 aromatic carbocycles. The van der Waals surface area contributed by atoms with Gasteiger partial charge in [0.1, 0.15) is 17.2 Å². The Hall–Kier alpha value is -1.69. The molecule has 0 saturated heterocycles. The van der Waals surface area contributed by atoms with Crippen LogP contribution in [0.5, 0.6) is 0 Å². The van der Waals surface area contributed by atoms with Crippen LogP contribution < -0.4 is 10.6 Å². The van der Waals surface area contributed by atoms with Gasteiger partial charge in [-0.2, -0.15) is 0 Å². The predicted molar refractivity (Wildman–Crippen MR) is 79.3 cm³/mol. The van der Waals surface area contributed by atoms with Crippen molar-refractivity contribution in [2.24, 2.45) is 0 Å². The molecule has 1 unspecified atom stereocenters. The quantitative estimate of drug-likeness (QED) is 0.800. The Bertz CT molecular complexity index is 529. The normalized spacial score (nSPS) is 18.5. The third kappa shape index (κ3) is 4.40. The van der Waals surface area contributed by atoms with Gasteiger partial charge in [-0.25, -0.2) is 13.6 Å². The topological polar surface area (TPSA) is 61.4 Å².